The monoisotopic (exact) mass is 485 g/mol. The van der Waals surface area contributed by atoms with E-state index < -0.39 is 7.82 Å². The molecule has 0 radical (unpaired) electrons. The van der Waals surface area contributed by atoms with E-state index in [1.807, 2.05) is 91.4 Å². The normalized spacial score (nSPS) is 10.3. The van der Waals surface area contributed by atoms with E-state index in [2.05, 4.69) is 51.4 Å². The first-order chi connectivity index (χ1) is 16.9. The van der Waals surface area contributed by atoms with Crippen LogP contribution in [0.1, 0.15) is 0 Å². The average Bonchev–Trinajstić information content (AvgIpc) is 2.89. The minimum atomic E-state index is -4.64. The van der Waals surface area contributed by atoms with Crippen molar-refractivity contribution in [1.82, 2.24) is 15.0 Å². The summed E-state index contributed by atoms with van der Waals surface area (Å²) in [7, 11) is -4.64. The highest BCUT2D eigenvalue weighted by atomic mass is 31.2. The Labute approximate surface area is 202 Å². The van der Waals surface area contributed by atoms with Crippen LogP contribution in [0.25, 0.3) is 32.7 Å². The van der Waals surface area contributed by atoms with Gasteiger partial charge in [-0.1, -0.05) is 72.8 Å². The number of aromatic nitrogens is 3. The molecule has 176 valence electrons. The van der Waals surface area contributed by atoms with Crippen molar-refractivity contribution in [3.63, 3.8) is 0 Å². The summed E-state index contributed by atoms with van der Waals surface area (Å²) in [6, 6.07) is 36.3. The van der Waals surface area contributed by atoms with E-state index in [0.29, 0.717) is 0 Å². The number of benzene rings is 3. The molecule has 0 aliphatic rings. The summed E-state index contributed by atoms with van der Waals surface area (Å²) in [5.74, 6) is 0. The van der Waals surface area contributed by atoms with Gasteiger partial charge in [-0.05, 0) is 36.4 Å². The van der Waals surface area contributed by atoms with Gasteiger partial charge in [0, 0.05) is 34.7 Å². The maximum atomic E-state index is 8.88. The smallest absolute Gasteiger partial charge is 0.303 e. The second-order valence-corrected chi connectivity index (χ2v) is 8.13. The number of hydrogen-bond acceptors (Lipinski definition) is 4. The van der Waals surface area contributed by atoms with Gasteiger partial charge < -0.3 is 14.7 Å². The SMILES string of the molecule is O=P(O)(O)O.c1ccc2ncccc2c1.c1ccc2ncccc2c1.c1ccc2ncccc2c1. The second kappa shape index (κ2) is 13.0. The molecule has 3 aromatic heterocycles. The molecule has 0 aliphatic carbocycles. The summed E-state index contributed by atoms with van der Waals surface area (Å²) < 4.78 is 8.88. The molecule has 0 atom stereocenters. The Bertz CT molecular complexity index is 1170. The molecule has 3 heterocycles. The largest absolute Gasteiger partial charge is 0.466 e. The van der Waals surface area contributed by atoms with Gasteiger partial charge in [0.1, 0.15) is 0 Å². The van der Waals surface area contributed by atoms with E-state index in [4.69, 9.17) is 19.2 Å². The van der Waals surface area contributed by atoms with Gasteiger partial charge in [-0.3, -0.25) is 15.0 Å². The van der Waals surface area contributed by atoms with Crippen molar-refractivity contribution in [2.24, 2.45) is 0 Å². The summed E-state index contributed by atoms with van der Waals surface area (Å²) in [6.07, 6.45) is 5.42. The summed E-state index contributed by atoms with van der Waals surface area (Å²) in [6.45, 7) is 0. The minimum absolute atomic E-state index is 1.06. The van der Waals surface area contributed by atoms with Crippen LogP contribution in [0.4, 0.5) is 0 Å². The first-order valence-corrected chi connectivity index (χ1v) is 12.1. The molecule has 3 N–H and O–H groups in total. The zero-order valence-corrected chi connectivity index (χ0v) is 19.6. The van der Waals surface area contributed by atoms with Crippen LogP contribution in [0.15, 0.2) is 128 Å². The van der Waals surface area contributed by atoms with E-state index in [-0.39, 0.29) is 0 Å². The predicted molar refractivity (Wildman–Crippen MR) is 139 cm³/mol. The molecule has 8 heteroatoms. The molecule has 0 saturated carbocycles. The average molecular weight is 485 g/mol. The molecule has 0 bridgehead atoms. The lowest BCUT2D eigenvalue weighted by atomic mass is 10.2. The lowest BCUT2D eigenvalue weighted by Gasteiger charge is -1.91. The van der Waals surface area contributed by atoms with Gasteiger partial charge in [0.05, 0.1) is 16.6 Å². The number of pyridine rings is 3. The van der Waals surface area contributed by atoms with E-state index in [1.165, 1.54) is 16.2 Å². The van der Waals surface area contributed by atoms with E-state index >= 15 is 0 Å². The molecule has 35 heavy (non-hydrogen) atoms. The topological polar surface area (TPSA) is 116 Å². The first kappa shape index (κ1) is 25.6. The van der Waals surface area contributed by atoms with Crippen molar-refractivity contribution in [2.45, 2.75) is 0 Å². The number of phosphoric acid groups is 1. The molecule has 3 aromatic carbocycles. The maximum Gasteiger partial charge on any atom is 0.466 e. The van der Waals surface area contributed by atoms with Crippen LogP contribution in [0, 0.1) is 0 Å². The van der Waals surface area contributed by atoms with E-state index in [9.17, 15) is 0 Å². The van der Waals surface area contributed by atoms with Crippen molar-refractivity contribution in [1.29, 1.82) is 0 Å². The molecule has 6 rings (SSSR count). The fraction of sp³-hybridized carbons (Fsp3) is 0. The second-order valence-electron chi connectivity index (χ2n) is 7.10. The highest BCUT2D eigenvalue weighted by Crippen LogP contribution is 2.25. The van der Waals surface area contributed by atoms with Crippen LogP contribution in [-0.4, -0.2) is 29.6 Å². The zero-order valence-electron chi connectivity index (χ0n) is 18.7. The molecule has 0 amide bonds. The number of nitrogens with zero attached hydrogens (tertiary/aromatic N) is 3. The lowest BCUT2D eigenvalue weighted by Crippen LogP contribution is -1.73. The van der Waals surface area contributed by atoms with Crippen molar-refractivity contribution >= 4 is 40.5 Å². The van der Waals surface area contributed by atoms with E-state index in [1.54, 1.807) is 0 Å². The van der Waals surface area contributed by atoms with Gasteiger partial charge in [-0.15, -0.1) is 0 Å². The molecule has 6 aromatic rings. The quantitative estimate of drug-likeness (QED) is 0.234. The number of fused-ring (bicyclic) bond motifs is 3. The third-order valence-electron chi connectivity index (χ3n) is 4.54. The molecule has 0 unspecified atom stereocenters. The molecule has 0 saturated heterocycles. The fourth-order valence-electron chi connectivity index (χ4n) is 3.05. The van der Waals surface area contributed by atoms with Crippen LogP contribution >= 0.6 is 7.82 Å². The van der Waals surface area contributed by atoms with Gasteiger partial charge in [0.25, 0.3) is 0 Å². The molecule has 7 nitrogen and oxygen atoms in total. The Morgan fingerprint density at radius 2 is 0.657 bits per heavy atom. The van der Waals surface area contributed by atoms with Gasteiger partial charge in [0.2, 0.25) is 0 Å². The van der Waals surface area contributed by atoms with Gasteiger partial charge >= 0.3 is 7.82 Å². The standard InChI is InChI=1S/3C9H7N.H3O4P/c3*1-2-6-9-8(4-1)5-3-7-10-9;1-5(2,3)4/h3*1-7H;(H3,1,2,3,4). The molecule has 0 spiro atoms. The molecule has 0 fully saturated rings. The Hall–Kier alpha value is -4.00. The summed E-state index contributed by atoms with van der Waals surface area (Å²) >= 11 is 0. The summed E-state index contributed by atoms with van der Waals surface area (Å²) in [5, 5.41) is 3.60. The third-order valence-corrected chi connectivity index (χ3v) is 4.54. The van der Waals surface area contributed by atoms with Crippen molar-refractivity contribution < 1.29 is 19.2 Å². The van der Waals surface area contributed by atoms with Crippen LogP contribution in [0.2, 0.25) is 0 Å². The van der Waals surface area contributed by atoms with E-state index in [0.717, 1.165) is 16.6 Å². The fourth-order valence-corrected chi connectivity index (χ4v) is 3.05. The Morgan fingerprint density at radius 3 is 0.914 bits per heavy atom. The van der Waals surface area contributed by atoms with Crippen molar-refractivity contribution in [3.05, 3.63) is 128 Å². The minimum Gasteiger partial charge on any atom is -0.303 e. The zero-order chi connectivity index (χ0) is 24.9. The first-order valence-electron chi connectivity index (χ1n) is 10.6. The van der Waals surface area contributed by atoms with Crippen LogP contribution < -0.4 is 0 Å². The Morgan fingerprint density at radius 1 is 0.429 bits per heavy atom. The van der Waals surface area contributed by atoms with Crippen LogP contribution in [-0.2, 0) is 4.57 Å². The molecular formula is C27H24N3O4P. The molecular weight excluding hydrogens is 461 g/mol. The van der Waals surface area contributed by atoms with Gasteiger partial charge in [0.15, 0.2) is 0 Å². The van der Waals surface area contributed by atoms with Gasteiger partial charge in [-0.25, -0.2) is 4.57 Å². The van der Waals surface area contributed by atoms with Gasteiger partial charge in [-0.2, -0.15) is 0 Å². The highest BCUT2D eigenvalue weighted by molar-refractivity contribution is 7.45. The summed E-state index contributed by atoms with van der Waals surface area (Å²) in [5.41, 5.74) is 3.18. The maximum absolute atomic E-state index is 8.88. The Kier molecular flexibility index (Phi) is 9.54. The summed E-state index contributed by atoms with van der Waals surface area (Å²) in [4.78, 5) is 34.1. The number of rotatable bonds is 0. The predicted octanol–water partition coefficient (Wildman–Crippen LogP) is 5.78. The number of para-hydroxylation sites is 3. The highest BCUT2D eigenvalue weighted by Gasteiger charge is 2.00. The van der Waals surface area contributed by atoms with Crippen molar-refractivity contribution in [3.8, 4) is 0 Å². The number of hydrogen-bond donors (Lipinski definition) is 3. The van der Waals surface area contributed by atoms with Crippen LogP contribution in [0.3, 0.4) is 0 Å². The van der Waals surface area contributed by atoms with Crippen LogP contribution in [0.5, 0.6) is 0 Å². The molecule has 0 aliphatic heterocycles. The Balaban J connectivity index is 0.000000134. The van der Waals surface area contributed by atoms with Crippen molar-refractivity contribution in [2.75, 3.05) is 0 Å². The third kappa shape index (κ3) is 9.41. The lowest BCUT2D eigenvalue weighted by molar-refractivity contribution is 0.275.